The molecule has 148 valence electrons. The van der Waals surface area contributed by atoms with Gasteiger partial charge >= 0.3 is 0 Å². The molecule has 1 aromatic rings. The van der Waals surface area contributed by atoms with Crippen LogP contribution in [0.2, 0.25) is 0 Å². The van der Waals surface area contributed by atoms with Crippen molar-refractivity contribution in [1.29, 1.82) is 0 Å². The molecule has 2 heteroatoms. The van der Waals surface area contributed by atoms with Gasteiger partial charge in [0.05, 0.1) is 6.61 Å². The topological polar surface area (TPSA) is 26.3 Å². The second-order valence-corrected chi connectivity index (χ2v) is 9.40. The van der Waals surface area contributed by atoms with Gasteiger partial charge in [0, 0.05) is 11.8 Å². The van der Waals surface area contributed by atoms with Gasteiger partial charge in [-0.3, -0.25) is 4.79 Å². The van der Waals surface area contributed by atoms with Gasteiger partial charge in [0.1, 0.15) is 11.5 Å². The van der Waals surface area contributed by atoms with Crippen LogP contribution in [-0.4, -0.2) is 12.4 Å². The lowest BCUT2D eigenvalue weighted by Gasteiger charge is -2.48. The summed E-state index contributed by atoms with van der Waals surface area (Å²) in [6.45, 7) is 7.59. The van der Waals surface area contributed by atoms with Gasteiger partial charge < -0.3 is 4.74 Å². The Hall–Kier alpha value is -1.31. The maximum absolute atomic E-state index is 12.5. The third-order valence-corrected chi connectivity index (χ3v) is 8.00. The summed E-state index contributed by atoms with van der Waals surface area (Å²) in [5.41, 5.74) is 4.47. The molecule has 0 amide bonds. The predicted octanol–water partition coefficient (Wildman–Crippen LogP) is 6.24. The molecule has 3 aliphatic carbocycles. The fourth-order valence-electron chi connectivity index (χ4n) is 6.36. The van der Waals surface area contributed by atoms with Crippen LogP contribution >= 0.6 is 0 Å². The zero-order valence-corrected chi connectivity index (χ0v) is 17.5. The molecule has 0 spiro atoms. The van der Waals surface area contributed by atoms with E-state index in [2.05, 4.69) is 32.9 Å². The Morgan fingerprint density at radius 2 is 1.96 bits per heavy atom. The van der Waals surface area contributed by atoms with E-state index in [1.54, 1.807) is 5.56 Å². The first-order valence-corrected chi connectivity index (χ1v) is 11.4. The lowest BCUT2D eigenvalue weighted by molar-refractivity contribution is -0.129. The third kappa shape index (κ3) is 3.23. The fourth-order valence-corrected chi connectivity index (χ4v) is 6.36. The lowest BCUT2D eigenvalue weighted by Crippen LogP contribution is -2.42. The maximum Gasteiger partial charge on any atom is 0.139 e. The van der Waals surface area contributed by atoms with E-state index in [0.717, 1.165) is 50.9 Å². The zero-order chi connectivity index (χ0) is 19.0. The second-order valence-electron chi connectivity index (χ2n) is 9.40. The van der Waals surface area contributed by atoms with E-state index in [1.807, 2.05) is 0 Å². The Kier molecular flexibility index (Phi) is 5.36. The number of fused-ring (bicyclic) bond motifs is 5. The second kappa shape index (κ2) is 7.60. The van der Waals surface area contributed by atoms with Gasteiger partial charge in [0.2, 0.25) is 0 Å². The van der Waals surface area contributed by atoms with E-state index in [4.69, 9.17) is 4.74 Å². The van der Waals surface area contributed by atoms with E-state index in [1.165, 1.54) is 36.8 Å². The van der Waals surface area contributed by atoms with E-state index in [0.29, 0.717) is 23.5 Å². The molecule has 0 unspecified atom stereocenters. The molecule has 2 saturated carbocycles. The Labute approximate surface area is 165 Å². The number of Topliss-reactive ketones (excluding diaryl/α,β-unsaturated/α-hetero) is 1. The summed E-state index contributed by atoms with van der Waals surface area (Å²) in [6, 6.07) is 4.84. The molecule has 0 aliphatic heterocycles. The number of ketones is 1. The first kappa shape index (κ1) is 19.0. The molecule has 3 aliphatic rings. The molecule has 27 heavy (non-hydrogen) atoms. The summed E-state index contributed by atoms with van der Waals surface area (Å²) in [7, 11) is 0. The van der Waals surface area contributed by atoms with Gasteiger partial charge in [0.25, 0.3) is 0 Å². The van der Waals surface area contributed by atoms with Crippen LogP contribution in [0.25, 0.3) is 0 Å². The molecule has 2 fully saturated rings. The smallest absolute Gasteiger partial charge is 0.139 e. The van der Waals surface area contributed by atoms with Gasteiger partial charge in [-0.2, -0.15) is 0 Å². The van der Waals surface area contributed by atoms with Crippen molar-refractivity contribution in [2.45, 2.75) is 90.9 Å². The predicted molar refractivity (Wildman–Crippen MR) is 110 cm³/mol. The summed E-state index contributed by atoms with van der Waals surface area (Å²) < 4.78 is 6.19. The first-order valence-electron chi connectivity index (χ1n) is 11.4. The first-order chi connectivity index (χ1) is 13.1. The minimum Gasteiger partial charge on any atom is -0.493 e. The molecule has 2 nitrogen and oxygen atoms in total. The summed E-state index contributed by atoms with van der Waals surface area (Å²) in [5.74, 6) is 3.66. The largest absolute Gasteiger partial charge is 0.493 e. The molecule has 0 bridgehead atoms. The molecular weight excluding hydrogens is 332 g/mol. The van der Waals surface area contributed by atoms with Gasteiger partial charge in [-0.25, -0.2) is 0 Å². The summed E-state index contributed by atoms with van der Waals surface area (Å²) in [5, 5.41) is 0. The van der Waals surface area contributed by atoms with E-state index in [9.17, 15) is 4.79 Å². The van der Waals surface area contributed by atoms with E-state index >= 15 is 0 Å². The number of aryl methyl sites for hydroxylation is 2. The van der Waals surface area contributed by atoms with Crippen molar-refractivity contribution in [3.63, 3.8) is 0 Å². The minimum absolute atomic E-state index is 0.0193. The fraction of sp³-hybridized carbons (Fsp3) is 0.720. The number of carbonyl (C=O) groups excluding carboxylic acids is 1. The SMILES string of the molecule is CCCCCOc1cc2c(cc1CC)[C@H]1CC[C@]3(C)C(=O)CC[C@H]3[C@@H]1CC2. The summed E-state index contributed by atoms with van der Waals surface area (Å²) in [4.78, 5) is 12.5. The highest BCUT2D eigenvalue weighted by molar-refractivity contribution is 5.87. The standard InChI is InChI=1S/C25H36O2/c1-4-6-7-14-27-23-16-18-8-9-20-19(21(18)15-17(23)5-2)12-13-25(3)22(20)10-11-24(25)26/h15-16,19-20,22H,4-14H2,1-3H3/t19-,20+,22-,25-/m0/s1. The average molecular weight is 369 g/mol. The minimum atomic E-state index is -0.0193. The monoisotopic (exact) mass is 368 g/mol. The quantitative estimate of drug-likeness (QED) is 0.555. The highest BCUT2D eigenvalue weighted by atomic mass is 16.5. The van der Waals surface area contributed by atoms with Crippen LogP contribution in [0.4, 0.5) is 0 Å². The number of rotatable bonds is 6. The normalized spacial score (nSPS) is 32.0. The average Bonchev–Trinajstić information content (AvgIpc) is 2.99. The number of benzene rings is 1. The number of carbonyl (C=O) groups is 1. The van der Waals surface area contributed by atoms with Crippen molar-refractivity contribution < 1.29 is 9.53 Å². The Morgan fingerprint density at radius 1 is 1.11 bits per heavy atom. The molecule has 0 radical (unpaired) electrons. The lowest BCUT2D eigenvalue weighted by atomic mass is 9.55. The number of ether oxygens (including phenoxy) is 1. The van der Waals surface area contributed by atoms with Crippen molar-refractivity contribution in [3.05, 3.63) is 28.8 Å². The molecule has 0 heterocycles. The molecule has 0 aromatic heterocycles. The summed E-state index contributed by atoms with van der Waals surface area (Å²) in [6.07, 6.45) is 11.3. The van der Waals surface area contributed by atoms with Gasteiger partial charge in [-0.15, -0.1) is 0 Å². The van der Waals surface area contributed by atoms with E-state index < -0.39 is 0 Å². The summed E-state index contributed by atoms with van der Waals surface area (Å²) >= 11 is 0. The number of unbranched alkanes of at least 4 members (excludes halogenated alkanes) is 2. The zero-order valence-electron chi connectivity index (χ0n) is 17.5. The van der Waals surface area contributed by atoms with Crippen LogP contribution in [0.3, 0.4) is 0 Å². The number of hydrogen-bond donors (Lipinski definition) is 0. The molecule has 4 rings (SSSR count). The van der Waals surface area contributed by atoms with Gasteiger partial charge in [-0.1, -0.05) is 39.7 Å². The van der Waals surface area contributed by atoms with Crippen molar-refractivity contribution in [2.75, 3.05) is 6.61 Å². The van der Waals surface area contributed by atoms with Gasteiger partial charge in [-0.05, 0) is 85.5 Å². The van der Waals surface area contributed by atoms with Crippen LogP contribution in [-0.2, 0) is 17.6 Å². The molecule has 1 aromatic carbocycles. The van der Waals surface area contributed by atoms with Crippen LogP contribution in [0.15, 0.2) is 12.1 Å². The molecule has 4 atom stereocenters. The van der Waals surface area contributed by atoms with Crippen molar-refractivity contribution >= 4 is 5.78 Å². The van der Waals surface area contributed by atoms with Crippen molar-refractivity contribution in [3.8, 4) is 5.75 Å². The Balaban J connectivity index is 1.58. The molecular formula is C25H36O2. The highest BCUT2D eigenvalue weighted by Gasteiger charge is 2.54. The van der Waals surface area contributed by atoms with Crippen LogP contribution in [0.5, 0.6) is 5.75 Å². The van der Waals surface area contributed by atoms with Crippen LogP contribution < -0.4 is 4.74 Å². The highest BCUT2D eigenvalue weighted by Crippen LogP contribution is 2.59. The number of hydrogen-bond acceptors (Lipinski definition) is 2. The van der Waals surface area contributed by atoms with Gasteiger partial charge in [0.15, 0.2) is 0 Å². The maximum atomic E-state index is 12.5. The third-order valence-electron chi connectivity index (χ3n) is 8.00. The Morgan fingerprint density at radius 3 is 2.74 bits per heavy atom. The van der Waals surface area contributed by atoms with Crippen LogP contribution in [0, 0.1) is 17.3 Å². The Bertz CT molecular complexity index is 707. The van der Waals surface area contributed by atoms with Crippen LogP contribution in [0.1, 0.15) is 94.7 Å². The van der Waals surface area contributed by atoms with Crippen molar-refractivity contribution in [1.82, 2.24) is 0 Å². The van der Waals surface area contributed by atoms with E-state index in [-0.39, 0.29) is 5.41 Å². The van der Waals surface area contributed by atoms with Crippen molar-refractivity contribution in [2.24, 2.45) is 17.3 Å². The molecule has 0 saturated heterocycles. The molecule has 0 N–H and O–H groups in total.